The van der Waals surface area contributed by atoms with Gasteiger partial charge in [0.15, 0.2) is 5.58 Å². The van der Waals surface area contributed by atoms with Crippen LogP contribution >= 0.6 is 0 Å². The van der Waals surface area contributed by atoms with E-state index in [1.807, 2.05) is 6.07 Å². The lowest BCUT2D eigenvalue weighted by Crippen LogP contribution is -2.39. The SMILES string of the molecule is O=C1CCC(c2noc3cc(C4CCN(CC5CCNCC5)CC4)ccc23)C(=O)N1. The van der Waals surface area contributed by atoms with Gasteiger partial charge in [-0.25, -0.2) is 0 Å². The predicted molar refractivity (Wildman–Crippen MR) is 113 cm³/mol. The Morgan fingerprint density at radius 1 is 1.07 bits per heavy atom. The van der Waals surface area contributed by atoms with Crippen molar-refractivity contribution in [3.8, 4) is 0 Å². The van der Waals surface area contributed by atoms with Crippen molar-refractivity contribution >= 4 is 22.8 Å². The number of carbonyl (C=O) groups excluding carboxylic acids is 2. The van der Waals surface area contributed by atoms with E-state index >= 15 is 0 Å². The molecule has 160 valence electrons. The maximum Gasteiger partial charge on any atom is 0.235 e. The van der Waals surface area contributed by atoms with Crippen LogP contribution in [0.3, 0.4) is 0 Å². The number of hydrogen-bond acceptors (Lipinski definition) is 6. The molecule has 3 aliphatic heterocycles. The summed E-state index contributed by atoms with van der Waals surface area (Å²) in [4.78, 5) is 26.3. The van der Waals surface area contributed by atoms with Crippen LogP contribution in [0.2, 0.25) is 0 Å². The number of nitrogens with one attached hydrogen (secondary N) is 2. The molecule has 1 aromatic heterocycles. The maximum absolute atomic E-state index is 12.2. The summed E-state index contributed by atoms with van der Waals surface area (Å²) in [6.07, 6.45) is 5.78. The molecule has 1 aromatic carbocycles. The van der Waals surface area contributed by atoms with Gasteiger partial charge in [-0.05, 0) is 87.8 Å². The lowest BCUT2D eigenvalue weighted by atomic mass is 9.87. The molecule has 3 saturated heterocycles. The van der Waals surface area contributed by atoms with Crippen LogP contribution in [0.5, 0.6) is 0 Å². The third kappa shape index (κ3) is 4.01. The molecule has 1 atom stereocenters. The molecule has 0 spiro atoms. The molecule has 0 radical (unpaired) electrons. The van der Waals surface area contributed by atoms with E-state index in [9.17, 15) is 9.59 Å². The number of aromatic nitrogens is 1. The standard InChI is InChI=1S/C23H30N4O3/c28-21-4-3-19(23(29)25-21)22-18-2-1-17(13-20(18)30-26-22)16-7-11-27(12-8-16)14-15-5-9-24-10-6-15/h1-2,13,15-16,19,24H,3-12,14H2,(H,25,28,29). The molecule has 3 aliphatic rings. The highest BCUT2D eigenvalue weighted by molar-refractivity contribution is 6.02. The molecule has 3 fully saturated rings. The number of benzene rings is 1. The summed E-state index contributed by atoms with van der Waals surface area (Å²) in [5, 5.41) is 10.9. The highest BCUT2D eigenvalue weighted by atomic mass is 16.5. The first-order chi connectivity index (χ1) is 14.7. The highest BCUT2D eigenvalue weighted by Crippen LogP contribution is 2.34. The van der Waals surface area contributed by atoms with Crippen LogP contribution in [0.1, 0.15) is 61.6 Å². The van der Waals surface area contributed by atoms with Crippen LogP contribution in [-0.4, -0.2) is 54.6 Å². The van der Waals surface area contributed by atoms with Gasteiger partial charge in [-0.2, -0.15) is 0 Å². The second-order valence-corrected chi connectivity index (χ2v) is 9.10. The summed E-state index contributed by atoms with van der Waals surface area (Å²) in [5.74, 6) is 0.499. The van der Waals surface area contributed by atoms with Gasteiger partial charge in [0.1, 0.15) is 5.69 Å². The Morgan fingerprint density at radius 2 is 1.87 bits per heavy atom. The van der Waals surface area contributed by atoms with Crippen molar-refractivity contribution in [1.29, 1.82) is 0 Å². The zero-order valence-corrected chi connectivity index (χ0v) is 17.4. The number of nitrogens with zero attached hydrogens (tertiary/aromatic N) is 2. The zero-order chi connectivity index (χ0) is 20.5. The molecular weight excluding hydrogens is 380 g/mol. The molecule has 30 heavy (non-hydrogen) atoms. The Balaban J connectivity index is 1.24. The number of likely N-dealkylation sites (tertiary alicyclic amines) is 1. The van der Waals surface area contributed by atoms with Crippen LogP contribution in [-0.2, 0) is 9.59 Å². The lowest BCUT2D eigenvalue weighted by molar-refractivity contribution is -0.134. The number of carbonyl (C=O) groups is 2. The molecule has 2 N–H and O–H groups in total. The molecule has 2 amide bonds. The first-order valence-electron chi connectivity index (χ1n) is 11.3. The van der Waals surface area contributed by atoms with E-state index < -0.39 is 5.92 Å². The van der Waals surface area contributed by atoms with Crippen LogP contribution < -0.4 is 10.6 Å². The monoisotopic (exact) mass is 410 g/mol. The number of piperidine rings is 3. The first-order valence-corrected chi connectivity index (χ1v) is 11.3. The largest absolute Gasteiger partial charge is 0.356 e. The summed E-state index contributed by atoms with van der Waals surface area (Å²) in [7, 11) is 0. The molecular formula is C23H30N4O3. The summed E-state index contributed by atoms with van der Waals surface area (Å²) >= 11 is 0. The van der Waals surface area contributed by atoms with E-state index in [1.54, 1.807) is 0 Å². The van der Waals surface area contributed by atoms with Gasteiger partial charge in [0.25, 0.3) is 0 Å². The van der Waals surface area contributed by atoms with Crippen molar-refractivity contribution in [1.82, 2.24) is 20.7 Å². The van der Waals surface area contributed by atoms with Gasteiger partial charge in [-0.1, -0.05) is 11.2 Å². The van der Waals surface area contributed by atoms with Crippen LogP contribution in [0, 0.1) is 5.92 Å². The van der Waals surface area contributed by atoms with Crippen molar-refractivity contribution in [2.45, 2.75) is 50.4 Å². The molecule has 0 saturated carbocycles. The van der Waals surface area contributed by atoms with Gasteiger partial charge < -0.3 is 14.7 Å². The number of imide groups is 1. The van der Waals surface area contributed by atoms with Crippen molar-refractivity contribution in [2.75, 3.05) is 32.7 Å². The molecule has 2 aromatic rings. The maximum atomic E-state index is 12.2. The average Bonchev–Trinajstić information content (AvgIpc) is 3.18. The topological polar surface area (TPSA) is 87.5 Å². The quantitative estimate of drug-likeness (QED) is 0.753. The minimum absolute atomic E-state index is 0.210. The second kappa shape index (κ2) is 8.47. The fourth-order valence-corrected chi connectivity index (χ4v) is 5.31. The van der Waals surface area contributed by atoms with Gasteiger partial charge >= 0.3 is 0 Å². The normalized spacial score (nSPS) is 25.0. The van der Waals surface area contributed by atoms with Gasteiger partial charge in [0.05, 0.1) is 5.92 Å². The third-order valence-corrected chi connectivity index (χ3v) is 7.13. The van der Waals surface area contributed by atoms with E-state index in [4.69, 9.17) is 4.52 Å². The van der Waals surface area contributed by atoms with Gasteiger partial charge in [-0.3, -0.25) is 14.9 Å². The predicted octanol–water partition coefficient (Wildman–Crippen LogP) is 2.53. The summed E-state index contributed by atoms with van der Waals surface area (Å²) in [5.41, 5.74) is 2.69. The fraction of sp³-hybridized carbons (Fsp3) is 0.609. The van der Waals surface area contributed by atoms with Crippen molar-refractivity contribution in [3.05, 3.63) is 29.5 Å². The highest BCUT2D eigenvalue weighted by Gasteiger charge is 2.32. The van der Waals surface area contributed by atoms with Gasteiger partial charge in [0.2, 0.25) is 11.8 Å². The number of amides is 2. The summed E-state index contributed by atoms with van der Waals surface area (Å²) < 4.78 is 5.60. The van der Waals surface area contributed by atoms with E-state index in [2.05, 4.69) is 32.8 Å². The lowest BCUT2D eigenvalue weighted by Gasteiger charge is -2.35. The van der Waals surface area contributed by atoms with Crippen molar-refractivity contribution in [3.63, 3.8) is 0 Å². The smallest absolute Gasteiger partial charge is 0.235 e. The fourth-order valence-electron chi connectivity index (χ4n) is 5.31. The average molecular weight is 411 g/mol. The van der Waals surface area contributed by atoms with E-state index in [0.29, 0.717) is 24.5 Å². The van der Waals surface area contributed by atoms with Crippen molar-refractivity contribution < 1.29 is 14.1 Å². The Labute approximate surface area is 176 Å². The second-order valence-electron chi connectivity index (χ2n) is 9.10. The van der Waals surface area contributed by atoms with Crippen LogP contribution in [0.15, 0.2) is 22.7 Å². The van der Waals surface area contributed by atoms with Gasteiger partial charge in [-0.15, -0.1) is 0 Å². The molecule has 0 aliphatic carbocycles. The molecule has 5 rings (SSSR count). The zero-order valence-electron chi connectivity index (χ0n) is 17.4. The van der Waals surface area contributed by atoms with Crippen LogP contribution in [0.25, 0.3) is 11.0 Å². The Hall–Kier alpha value is -2.25. The Bertz CT molecular complexity index is 926. The molecule has 7 heteroatoms. The minimum Gasteiger partial charge on any atom is -0.356 e. The van der Waals surface area contributed by atoms with E-state index in [1.165, 1.54) is 50.9 Å². The molecule has 4 heterocycles. The molecule has 7 nitrogen and oxygen atoms in total. The minimum atomic E-state index is -0.409. The summed E-state index contributed by atoms with van der Waals surface area (Å²) in [6.45, 7) is 5.89. The number of rotatable bonds is 4. The molecule has 1 unspecified atom stereocenters. The Kier molecular flexibility index (Phi) is 5.56. The molecule has 0 bridgehead atoms. The van der Waals surface area contributed by atoms with E-state index in [-0.39, 0.29) is 11.8 Å². The van der Waals surface area contributed by atoms with Gasteiger partial charge in [0, 0.05) is 18.4 Å². The Morgan fingerprint density at radius 3 is 2.63 bits per heavy atom. The van der Waals surface area contributed by atoms with Crippen molar-refractivity contribution in [2.24, 2.45) is 5.92 Å². The number of fused-ring (bicyclic) bond motifs is 1. The summed E-state index contributed by atoms with van der Waals surface area (Å²) in [6, 6.07) is 6.31. The first kappa shape index (κ1) is 19.7. The number of hydrogen-bond donors (Lipinski definition) is 2. The van der Waals surface area contributed by atoms with Crippen LogP contribution in [0.4, 0.5) is 0 Å². The third-order valence-electron chi connectivity index (χ3n) is 7.13. The van der Waals surface area contributed by atoms with E-state index in [0.717, 1.165) is 30.0 Å².